The first kappa shape index (κ1) is 18.2. The zero-order valence-corrected chi connectivity index (χ0v) is 16.4. The zero-order chi connectivity index (χ0) is 18.8. The molecule has 27 heavy (non-hydrogen) atoms. The van der Waals surface area contributed by atoms with Crippen molar-refractivity contribution < 1.29 is 9.21 Å². The van der Waals surface area contributed by atoms with Gasteiger partial charge in [0.25, 0.3) is 0 Å². The zero-order valence-electron chi connectivity index (χ0n) is 14.0. The summed E-state index contributed by atoms with van der Waals surface area (Å²) in [5.74, 6) is 0.996. The number of thiocarbonyl (C=S) groups is 1. The van der Waals surface area contributed by atoms with Crippen molar-refractivity contribution in [3.8, 4) is 11.5 Å². The summed E-state index contributed by atoms with van der Waals surface area (Å²) in [5.41, 5.74) is 1.78. The van der Waals surface area contributed by atoms with E-state index in [4.69, 9.17) is 28.2 Å². The Kier molecular flexibility index (Phi) is 5.24. The van der Waals surface area contributed by atoms with Crippen molar-refractivity contribution in [2.75, 3.05) is 5.75 Å². The highest BCUT2D eigenvalue weighted by Gasteiger charge is 2.37. The third kappa shape index (κ3) is 3.90. The summed E-state index contributed by atoms with van der Waals surface area (Å²) in [6.45, 7) is 0. The van der Waals surface area contributed by atoms with E-state index in [0.29, 0.717) is 33.3 Å². The van der Waals surface area contributed by atoms with Crippen LogP contribution in [0.3, 0.4) is 0 Å². The molecule has 0 N–H and O–H groups in total. The molecule has 0 aliphatic carbocycles. The Labute approximate surface area is 170 Å². The predicted molar refractivity (Wildman–Crippen MR) is 110 cm³/mol. The van der Waals surface area contributed by atoms with Crippen LogP contribution in [0.15, 0.2) is 59.0 Å². The van der Waals surface area contributed by atoms with Crippen LogP contribution >= 0.6 is 35.6 Å². The largest absolute Gasteiger partial charge is 0.418 e. The average molecular weight is 416 g/mol. The molecule has 2 aromatic carbocycles. The molecule has 0 bridgehead atoms. The van der Waals surface area contributed by atoms with Gasteiger partial charge in [0.1, 0.15) is 10.4 Å². The fourth-order valence-electron chi connectivity index (χ4n) is 2.90. The number of aromatic nitrogens is 2. The summed E-state index contributed by atoms with van der Waals surface area (Å²) in [7, 11) is 0. The summed E-state index contributed by atoms with van der Waals surface area (Å²) < 4.78 is 6.46. The fourth-order valence-corrected chi connectivity index (χ4v) is 4.25. The maximum absolute atomic E-state index is 12.4. The van der Waals surface area contributed by atoms with Gasteiger partial charge >= 0.3 is 0 Å². The van der Waals surface area contributed by atoms with Crippen molar-refractivity contribution in [2.24, 2.45) is 0 Å². The van der Waals surface area contributed by atoms with Gasteiger partial charge in [-0.3, -0.25) is 9.69 Å². The van der Waals surface area contributed by atoms with Gasteiger partial charge in [-0.15, -0.1) is 10.2 Å². The van der Waals surface area contributed by atoms with Crippen LogP contribution in [0.5, 0.6) is 0 Å². The number of hydrogen-bond donors (Lipinski definition) is 0. The molecule has 1 atom stereocenters. The lowest BCUT2D eigenvalue weighted by Gasteiger charge is -2.24. The van der Waals surface area contributed by atoms with E-state index in [1.807, 2.05) is 42.5 Å². The lowest BCUT2D eigenvalue weighted by molar-refractivity contribution is -0.125. The summed E-state index contributed by atoms with van der Waals surface area (Å²) in [4.78, 5) is 14.0. The molecule has 5 nitrogen and oxygen atoms in total. The first-order chi connectivity index (χ1) is 13.1. The Hall–Kier alpha value is -2.22. The minimum Gasteiger partial charge on any atom is -0.418 e. The maximum atomic E-state index is 12.4. The first-order valence-electron chi connectivity index (χ1n) is 8.24. The van der Waals surface area contributed by atoms with Crippen molar-refractivity contribution in [2.45, 2.75) is 12.5 Å². The molecule has 1 aromatic heterocycles. The molecule has 0 saturated carbocycles. The van der Waals surface area contributed by atoms with Gasteiger partial charge in [0.05, 0.1) is 5.75 Å². The monoisotopic (exact) mass is 415 g/mol. The van der Waals surface area contributed by atoms with E-state index >= 15 is 0 Å². The summed E-state index contributed by atoms with van der Waals surface area (Å²) in [6.07, 6.45) is 0.532. The highest BCUT2D eigenvalue weighted by molar-refractivity contribution is 8.23. The van der Waals surface area contributed by atoms with Gasteiger partial charge in [-0.1, -0.05) is 72.0 Å². The van der Waals surface area contributed by atoms with Crippen molar-refractivity contribution in [1.82, 2.24) is 15.1 Å². The number of rotatable bonds is 5. The van der Waals surface area contributed by atoms with E-state index in [1.165, 1.54) is 11.8 Å². The van der Waals surface area contributed by atoms with Crippen molar-refractivity contribution in [3.63, 3.8) is 0 Å². The topological polar surface area (TPSA) is 59.2 Å². The molecule has 0 spiro atoms. The van der Waals surface area contributed by atoms with Gasteiger partial charge in [-0.05, 0) is 23.8 Å². The summed E-state index contributed by atoms with van der Waals surface area (Å²) >= 11 is 12.8. The van der Waals surface area contributed by atoms with E-state index in [0.717, 1.165) is 11.1 Å². The lowest BCUT2D eigenvalue weighted by Crippen LogP contribution is -2.34. The molecule has 4 rings (SSSR count). The fraction of sp³-hybridized carbons (Fsp3) is 0.158. The highest BCUT2D eigenvalue weighted by Crippen LogP contribution is 2.33. The number of halogens is 1. The molecule has 1 amide bonds. The molecule has 2 heterocycles. The predicted octanol–water partition coefficient (Wildman–Crippen LogP) is 4.53. The second-order valence-electron chi connectivity index (χ2n) is 5.98. The van der Waals surface area contributed by atoms with Gasteiger partial charge in [-0.25, -0.2) is 0 Å². The number of carbonyl (C=O) groups excluding carboxylic acids is 1. The van der Waals surface area contributed by atoms with Gasteiger partial charge < -0.3 is 4.42 Å². The molecule has 1 saturated heterocycles. The second-order valence-corrected chi connectivity index (χ2v) is 8.03. The van der Waals surface area contributed by atoms with Gasteiger partial charge in [-0.2, -0.15) is 0 Å². The van der Waals surface area contributed by atoms with Crippen molar-refractivity contribution in [3.05, 3.63) is 71.1 Å². The first-order valence-corrected chi connectivity index (χ1v) is 10.0. The number of carbonyl (C=O) groups is 1. The molecule has 8 heteroatoms. The van der Waals surface area contributed by atoms with Crippen LogP contribution in [-0.2, 0) is 11.2 Å². The Balaban J connectivity index is 1.70. The number of hydrogen-bond acceptors (Lipinski definition) is 6. The number of thioether (sulfide) groups is 1. The van der Waals surface area contributed by atoms with E-state index in [9.17, 15) is 4.79 Å². The van der Waals surface area contributed by atoms with Crippen LogP contribution in [0.1, 0.15) is 17.5 Å². The molecule has 1 aliphatic heterocycles. The minimum absolute atomic E-state index is 0.0477. The Morgan fingerprint density at radius 3 is 2.70 bits per heavy atom. The molecular formula is C19H14ClN3O2S2. The van der Waals surface area contributed by atoms with Crippen LogP contribution in [0.25, 0.3) is 11.5 Å². The summed E-state index contributed by atoms with van der Waals surface area (Å²) in [6, 6.07) is 16.6. The standard InChI is InChI=1S/C19H14ClN3O2S2/c20-14-8-4-7-13(10-14)17-21-22-18(25-17)15(9-12-5-2-1-3-6-12)23-16(24)11-27-19(23)26/h1-8,10,15H,9,11H2/t15-/m0/s1. The third-order valence-electron chi connectivity index (χ3n) is 4.17. The molecule has 3 aromatic rings. The van der Waals surface area contributed by atoms with Gasteiger partial charge in [0, 0.05) is 17.0 Å². The van der Waals surface area contributed by atoms with Crippen LogP contribution in [0.2, 0.25) is 5.02 Å². The number of nitrogens with zero attached hydrogens (tertiary/aromatic N) is 3. The van der Waals surface area contributed by atoms with Gasteiger partial charge in [0.2, 0.25) is 17.7 Å². The molecule has 1 fully saturated rings. The van der Waals surface area contributed by atoms with E-state index in [2.05, 4.69) is 10.2 Å². The molecule has 0 unspecified atom stereocenters. The Morgan fingerprint density at radius 2 is 2.00 bits per heavy atom. The van der Waals surface area contributed by atoms with E-state index in [1.54, 1.807) is 17.0 Å². The second kappa shape index (κ2) is 7.80. The molecule has 1 aliphatic rings. The SMILES string of the molecule is O=C1CSC(=S)N1[C@@H](Cc1ccccc1)c1nnc(-c2cccc(Cl)c2)o1. The Morgan fingerprint density at radius 1 is 1.19 bits per heavy atom. The van der Waals surface area contributed by atoms with E-state index in [-0.39, 0.29) is 5.91 Å². The van der Waals surface area contributed by atoms with Crippen LogP contribution in [0.4, 0.5) is 0 Å². The third-order valence-corrected chi connectivity index (χ3v) is 5.79. The summed E-state index contributed by atoms with van der Waals surface area (Å²) in [5, 5.41) is 8.94. The number of amides is 1. The minimum atomic E-state index is -0.442. The molecular weight excluding hydrogens is 402 g/mol. The van der Waals surface area contributed by atoms with Crippen molar-refractivity contribution in [1.29, 1.82) is 0 Å². The Bertz CT molecular complexity index is 977. The lowest BCUT2D eigenvalue weighted by atomic mass is 10.0. The van der Waals surface area contributed by atoms with Gasteiger partial charge in [0.15, 0.2) is 0 Å². The highest BCUT2D eigenvalue weighted by atomic mass is 35.5. The quantitative estimate of drug-likeness (QED) is 0.570. The average Bonchev–Trinajstić information content (AvgIpc) is 3.28. The van der Waals surface area contributed by atoms with Crippen LogP contribution in [-0.4, -0.2) is 31.1 Å². The molecule has 0 radical (unpaired) electrons. The normalized spacial score (nSPS) is 15.4. The maximum Gasteiger partial charge on any atom is 0.247 e. The van der Waals surface area contributed by atoms with Crippen LogP contribution in [0, 0.1) is 0 Å². The van der Waals surface area contributed by atoms with Crippen LogP contribution < -0.4 is 0 Å². The molecule has 136 valence electrons. The van der Waals surface area contributed by atoms with Crippen molar-refractivity contribution >= 4 is 45.8 Å². The van der Waals surface area contributed by atoms with E-state index < -0.39 is 6.04 Å². The smallest absolute Gasteiger partial charge is 0.247 e. The number of benzene rings is 2.